The van der Waals surface area contributed by atoms with Crippen LogP contribution in [0.4, 0.5) is 0 Å². The smallest absolute Gasteiger partial charge is 0.0618 e. The lowest BCUT2D eigenvalue weighted by molar-refractivity contribution is 0.125. The zero-order valence-electron chi connectivity index (χ0n) is 9.72. The Morgan fingerprint density at radius 1 is 1.29 bits per heavy atom. The monoisotopic (exact) mass is 199 g/mol. The van der Waals surface area contributed by atoms with Crippen LogP contribution in [0.15, 0.2) is 0 Å². The Balaban J connectivity index is 2.30. The molecule has 0 bridgehead atoms. The summed E-state index contributed by atoms with van der Waals surface area (Å²) in [5.74, 6) is 0.857. The van der Waals surface area contributed by atoms with Crippen molar-refractivity contribution in [1.82, 2.24) is 5.32 Å². The van der Waals surface area contributed by atoms with E-state index in [0.29, 0.717) is 6.04 Å². The molecule has 1 saturated carbocycles. The standard InChI is InChI=1S/C12H25NO/c1-3-9-13-12(10-14-2)11-7-5-4-6-8-11/h11-13H,3-10H2,1-2H3. The molecule has 0 aromatic rings. The van der Waals surface area contributed by atoms with Crippen LogP contribution in [-0.4, -0.2) is 26.3 Å². The van der Waals surface area contributed by atoms with Gasteiger partial charge in [-0.15, -0.1) is 0 Å². The predicted octanol–water partition coefficient (Wildman–Crippen LogP) is 2.58. The first-order valence-corrected chi connectivity index (χ1v) is 6.10. The zero-order chi connectivity index (χ0) is 10.2. The second-order valence-electron chi connectivity index (χ2n) is 4.41. The van der Waals surface area contributed by atoms with E-state index in [1.165, 1.54) is 38.5 Å². The van der Waals surface area contributed by atoms with Crippen molar-refractivity contribution in [2.24, 2.45) is 5.92 Å². The van der Waals surface area contributed by atoms with Crippen molar-refractivity contribution in [3.63, 3.8) is 0 Å². The Kier molecular flexibility index (Phi) is 6.20. The topological polar surface area (TPSA) is 21.3 Å². The second kappa shape index (κ2) is 7.24. The quantitative estimate of drug-likeness (QED) is 0.710. The first-order valence-electron chi connectivity index (χ1n) is 6.10. The van der Waals surface area contributed by atoms with Crippen LogP contribution in [0.25, 0.3) is 0 Å². The fraction of sp³-hybridized carbons (Fsp3) is 1.00. The fourth-order valence-corrected chi connectivity index (χ4v) is 2.41. The summed E-state index contributed by atoms with van der Waals surface area (Å²) in [5.41, 5.74) is 0. The lowest BCUT2D eigenvalue weighted by atomic mass is 9.84. The number of ether oxygens (including phenoxy) is 1. The predicted molar refractivity (Wildman–Crippen MR) is 60.5 cm³/mol. The molecule has 1 atom stereocenters. The molecule has 0 saturated heterocycles. The van der Waals surface area contributed by atoms with Crippen LogP contribution in [0.5, 0.6) is 0 Å². The van der Waals surface area contributed by atoms with E-state index in [4.69, 9.17) is 4.74 Å². The van der Waals surface area contributed by atoms with E-state index >= 15 is 0 Å². The van der Waals surface area contributed by atoms with Crippen LogP contribution in [0.2, 0.25) is 0 Å². The highest BCUT2D eigenvalue weighted by molar-refractivity contribution is 4.78. The van der Waals surface area contributed by atoms with E-state index in [9.17, 15) is 0 Å². The molecule has 2 heteroatoms. The minimum absolute atomic E-state index is 0.597. The minimum atomic E-state index is 0.597. The Labute approximate surface area is 88.4 Å². The highest BCUT2D eigenvalue weighted by Crippen LogP contribution is 2.26. The van der Waals surface area contributed by atoms with Crippen LogP contribution in [0.1, 0.15) is 45.4 Å². The molecule has 1 N–H and O–H groups in total. The second-order valence-corrected chi connectivity index (χ2v) is 4.41. The molecule has 1 unspecified atom stereocenters. The average molecular weight is 199 g/mol. The van der Waals surface area contributed by atoms with Gasteiger partial charge in [-0.3, -0.25) is 0 Å². The molecule has 0 aliphatic heterocycles. The number of methoxy groups -OCH3 is 1. The van der Waals surface area contributed by atoms with Gasteiger partial charge in [0.25, 0.3) is 0 Å². The van der Waals surface area contributed by atoms with Crippen LogP contribution >= 0.6 is 0 Å². The van der Waals surface area contributed by atoms with Crippen molar-refractivity contribution < 1.29 is 4.74 Å². The molecule has 1 aliphatic carbocycles. The maximum Gasteiger partial charge on any atom is 0.0618 e. The first kappa shape index (κ1) is 12.0. The first-order chi connectivity index (χ1) is 6.88. The molecule has 0 aromatic carbocycles. The van der Waals surface area contributed by atoms with Crippen molar-refractivity contribution in [3.8, 4) is 0 Å². The van der Waals surface area contributed by atoms with Crippen molar-refractivity contribution in [1.29, 1.82) is 0 Å². The molecule has 84 valence electrons. The highest BCUT2D eigenvalue weighted by Gasteiger charge is 2.22. The lowest BCUT2D eigenvalue weighted by Crippen LogP contribution is -2.41. The summed E-state index contributed by atoms with van der Waals surface area (Å²) in [6, 6.07) is 0.597. The summed E-state index contributed by atoms with van der Waals surface area (Å²) >= 11 is 0. The number of hydrogen-bond acceptors (Lipinski definition) is 2. The van der Waals surface area contributed by atoms with Gasteiger partial charge in [0.05, 0.1) is 6.61 Å². The molecule has 0 spiro atoms. The van der Waals surface area contributed by atoms with Crippen molar-refractivity contribution in [2.45, 2.75) is 51.5 Å². The van der Waals surface area contributed by atoms with Gasteiger partial charge in [0.15, 0.2) is 0 Å². The number of hydrogen-bond donors (Lipinski definition) is 1. The highest BCUT2D eigenvalue weighted by atomic mass is 16.5. The van der Waals surface area contributed by atoms with Crippen LogP contribution in [0, 0.1) is 5.92 Å². The molecule has 14 heavy (non-hydrogen) atoms. The summed E-state index contributed by atoms with van der Waals surface area (Å²) in [4.78, 5) is 0. The third-order valence-electron chi connectivity index (χ3n) is 3.22. The average Bonchev–Trinajstić information content (AvgIpc) is 2.25. The molecule has 1 rings (SSSR count). The van der Waals surface area contributed by atoms with E-state index in [0.717, 1.165) is 19.1 Å². The summed E-state index contributed by atoms with van der Waals surface area (Å²) in [5, 5.41) is 3.62. The number of nitrogens with one attached hydrogen (secondary N) is 1. The molecule has 0 radical (unpaired) electrons. The van der Waals surface area contributed by atoms with Crippen LogP contribution < -0.4 is 5.32 Å². The van der Waals surface area contributed by atoms with E-state index in [1.54, 1.807) is 0 Å². The van der Waals surface area contributed by atoms with Gasteiger partial charge < -0.3 is 10.1 Å². The van der Waals surface area contributed by atoms with Crippen LogP contribution in [-0.2, 0) is 4.74 Å². The van der Waals surface area contributed by atoms with Gasteiger partial charge >= 0.3 is 0 Å². The molecule has 1 fully saturated rings. The third kappa shape index (κ3) is 3.97. The Hall–Kier alpha value is -0.0800. The molecule has 0 amide bonds. The van der Waals surface area contributed by atoms with Gasteiger partial charge in [0, 0.05) is 13.2 Å². The Morgan fingerprint density at radius 3 is 2.57 bits per heavy atom. The largest absolute Gasteiger partial charge is 0.383 e. The third-order valence-corrected chi connectivity index (χ3v) is 3.22. The zero-order valence-corrected chi connectivity index (χ0v) is 9.72. The van der Waals surface area contributed by atoms with Gasteiger partial charge in [-0.25, -0.2) is 0 Å². The van der Waals surface area contributed by atoms with Gasteiger partial charge in [-0.1, -0.05) is 26.2 Å². The summed E-state index contributed by atoms with van der Waals surface area (Å²) < 4.78 is 5.29. The van der Waals surface area contributed by atoms with E-state index < -0.39 is 0 Å². The normalized spacial score (nSPS) is 21.0. The molecular formula is C12H25NO. The maximum atomic E-state index is 5.29. The summed E-state index contributed by atoms with van der Waals surface area (Å²) in [7, 11) is 1.81. The molecule has 0 aromatic heterocycles. The minimum Gasteiger partial charge on any atom is -0.383 e. The van der Waals surface area contributed by atoms with Crippen molar-refractivity contribution >= 4 is 0 Å². The van der Waals surface area contributed by atoms with Crippen molar-refractivity contribution in [3.05, 3.63) is 0 Å². The molecule has 0 heterocycles. The number of rotatable bonds is 6. The molecule has 1 aliphatic rings. The summed E-state index contributed by atoms with van der Waals surface area (Å²) in [6.07, 6.45) is 8.27. The fourth-order valence-electron chi connectivity index (χ4n) is 2.41. The van der Waals surface area contributed by atoms with Gasteiger partial charge in [-0.2, -0.15) is 0 Å². The van der Waals surface area contributed by atoms with E-state index in [-0.39, 0.29) is 0 Å². The SMILES string of the molecule is CCCNC(COC)C1CCCCC1. The molecular weight excluding hydrogens is 174 g/mol. The molecule has 2 nitrogen and oxygen atoms in total. The Bertz CT molecular complexity index is 132. The van der Waals surface area contributed by atoms with Crippen LogP contribution in [0.3, 0.4) is 0 Å². The van der Waals surface area contributed by atoms with E-state index in [2.05, 4.69) is 12.2 Å². The van der Waals surface area contributed by atoms with Gasteiger partial charge in [0.2, 0.25) is 0 Å². The summed E-state index contributed by atoms with van der Waals surface area (Å²) in [6.45, 7) is 4.23. The van der Waals surface area contributed by atoms with Gasteiger partial charge in [-0.05, 0) is 31.7 Å². The van der Waals surface area contributed by atoms with E-state index in [1.807, 2.05) is 7.11 Å². The van der Waals surface area contributed by atoms with Gasteiger partial charge in [0.1, 0.15) is 0 Å². The Morgan fingerprint density at radius 2 is 2.00 bits per heavy atom. The lowest BCUT2D eigenvalue weighted by Gasteiger charge is -2.30. The van der Waals surface area contributed by atoms with Crippen molar-refractivity contribution in [2.75, 3.05) is 20.3 Å². The maximum absolute atomic E-state index is 5.29.